The number of ether oxygens (including phenoxy) is 1. The smallest absolute Gasteiger partial charge is 0.258 e. The van der Waals surface area contributed by atoms with Gasteiger partial charge >= 0.3 is 0 Å². The molecule has 1 heterocycles. The molecule has 8 nitrogen and oxygen atoms in total. The van der Waals surface area contributed by atoms with Gasteiger partial charge in [-0.05, 0) is 49.8 Å². The van der Waals surface area contributed by atoms with Crippen LogP contribution >= 0.6 is 0 Å². The number of unbranched alkanes of at least 4 members (excludes halogenated alkanes) is 1. The Balaban J connectivity index is 0.00000210. The minimum Gasteiger partial charge on any atom is -0.507 e. The number of aromatic hydroxyl groups is 2. The summed E-state index contributed by atoms with van der Waals surface area (Å²) in [6.45, 7) is 8.71. The molecule has 0 radical (unpaired) electrons. The van der Waals surface area contributed by atoms with Crippen LogP contribution in [0.3, 0.4) is 0 Å². The van der Waals surface area contributed by atoms with E-state index in [0.29, 0.717) is 26.2 Å². The zero-order chi connectivity index (χ0) is 26.1. The highest BCUT2D eigenvalue weighted by molar-refractivity contribution is 6.03. The molecule has 0 spiro atoms. The highest BCUT2D eigenvalue weighted by Crippen LogP contribution is 2.33. The topological polar surface area (TPSA) is 93.6 Å². The van der Waals surface area contributed by atoms with Gasteiger partial charge in [-0.15, -0.1) is 0 Å². The van der Waals surface area contributed by atoms with Gasteiger partial charge in [0, 0.05) is 39.3 Å². The second kappa shape index (κ2) is 13.0. The number of hydrogen-bond donors (Lipinski definition) is 2. The summed E-state index contributed by atoms with van der Waals surface area (Å²) >= 11 is 0. The van der Waals surface area contributed by atoms with Crippen LogP contribution in [0.15, 0.2) is 30.3 Å². The molecule has 192 valence electrons. The standard InChI is InChI=1S/C25H33N3O5.C2H6/c1-5-6-9-27(4)24(31)20-13-21(23(30)14-22(20)29)25(32)28-15-17-7-8-19(12-18(17)16-28)33-11-10-26(2)3;1-2/h7-8,12-14,29-30H,5-6,9-11,15-16H2,1-4H3;1-2H3. The SMILES string of the molecule is CC.CCCCN(C)C(=O)c1cc(C(=O)N2Cc3ccc(OCCN(C)C)cc3C2)c(O)cc1O. The molecule has 1 aliphatic rings. The van der Waals surface area contributed by atoms with Gasteiger partial charge in [0.15, 0.2) is 0 Å². The van der Waals surface area contributed by atoms with E-state index in [1.165, 1.54) is 11.0 Å². The third-order valence-corrected chi connectivity index (χ3v) is 5.76. The fourth-order valence-corrected chi connectivity index (χ4v) is 3.74. The molecule has 0 bridgehead atoms. The van der Waals surface area contributed by atoms with Crippen LogP contribution < -0.4 is 4.74 Å². The normalized spacial score (nSPS) is 12.1. The second-order valence-corrected chi connectivity index (χ2v) is 8.71. The first-order valence-electron chi connectivity index (χ1n) is 12.2. The summed E-state index contributed by atoms with van der Waals surface area (Å²) in [4.78, 5) is 31.1. The number of carbonyl (C=O) groups is 2. The molecule has 0 aliphatic carbocycles. The highest BCUT2D eigenvalue weighted by Gasteiger charge is 2.28. The maximum atomic E-state index is 13.2. The summed E-state index contributed by atoms with van der Waals surface area (Å²) < 4.78 is 5.79. The van der Waals surface area contributed by atoms with E-state index in [0.717, 1.165) is 42.3 Å². The largest absolute Gasteiger partial charge is 0.507 e. The molecule has 1 aliphatic heterocycles. The number of phenolic OH excluding ortho intramolecular Hbond substituents is 2. The van der Waals surface area contributed by atoms with Gasteiger partial charge in [-0.2, -0.15) is 0 Å². The highest BCUT2D eigenvalue weighted by atomic mass is 16.5. The van der Waals surface area contributed by atoms with Crippen LogP contribution in [0.5, 0.6) is 17.2 Å². The Kier molecular flexibility index (Phi) is 10.4. The number of nitrogens with zero attached hydrogens (tertiary/aromatic N) is 3. The zero-order valence-corrected chi connectivity index (χ0v) is 21.8. The molecule has 0 saturated heterocycles. The minimum atomic E-state index is -0.399. The van der Waals surface area contributed by atoms with Crippen LogP contribution in [0.25, 0.3) is 0 Å². The molecule has 0 atom stereocenters. The number of likely N-dealkylation sites (N-methyl/N-ethyl adjacent to an activating group) is 1. The predicted octanol–water partition coefficient (Wildman–Crippen LogP) is 4.09. The van der Waals surface area contributed by atoms with Gasteiger partial charge in [0.1, 0.15) is 23.9 Å². The number of carbonyl (C=O) groups excluding carboxylic acids is 2. The van der Waals surface area contributed by atoms with E-state index in [1.807, 2.05) is 58.0 Å². The van der Waals surface area contributed by atoms with Gasteiger partial charge in [0.2, 0.25) is 0 Å². The number of hydrogen-bond acceptors (Lipinski definition) is 6. The Hall–Kier alpha value is -3.26. The monoisotopic (exact) mass is 485 g/mol. The first-order chi connectivity index (χ1) is 16.7. The molecule has 2 aromatic rings. The zero-order valence-electron chi connectivity index (χ0n) is 21.8. The average molecular weight is 486 g/mol. The van der Waals surface area contributed by atoms with Crippen molar-refractivity contribution in [3.05, 3.63) is 52.6 Å². The summed E-state index contributed by atoms with van der Waals surface area (Å²) in [7, 11) is 5.62. The van der Waals surface area contributed by atoms with E-state index < -0.39 is 5.91 Å². The molecule has 35 heavy (non-hydrogen) atoms. The average Bonchev–Trinajstić information content (AvgIpc) is 3.26. The van der Waals surface area contributed by atoms with Crippen molar-refractivity contribution in [2.75, 3.05) is 40.8 Å². The van der Waals surface area contributed by atoms with Crippen molar-refractivity contribution >= 4 is 11.8 Å². The molecule has 0 fully saturated rings. The lowest BCUT2D eigenvalue weighted by Crippen LogP contribution is -2.29. The van der Waals surface area contributed by atoms with Gasteiger partial charge in [0.05, 0.1) is 11.1 Å². The molecule has 0 saturated carbocycles. The van der Waals surface area contributed by atoms with E-state index in [2.05, 4.69) is 0 Å². The van der Waals surface area contributed by atoms with Crippen LogP contribution in [0, 0.1) is 0 Å². The van der Waals surface area contributed by atoms with Gasteiger partial charge in [-0.1, -0.05) is 33.3 Å². The van der Waals surface area contributed by atoms with Crippen molar-refractivity contribution in [1.29, 1.82) is 0 Å². The third-order valence-electron chi connectivity index (χ3n) is 5.76. The lowest BCUT2D eigenvalue weighted by Gasteiger charge is -2.20. The molecule has 3 rings (SSSR count). The number of amides is 2. The lowest BCUT2D eigenvalue weighted by atomic mass is 10.1. The van der Waals surface area contributed by atoms with Crippen molar-refractivity contribution in [1.82, 2.24) is 14.7 Å². The summed E-state index contributed by atoms with van der Waals surface area (Å²) in [5, 5.41) is 20.6. The van der Waals surface area contributed by atoms with E-state index in [-0.39, 0.29) is 28.5 Å². The van der Waals surface area contributed by atoms with Crippen molar-refractivity contribution in [2.24, 2.45) is 0 Å². The first kappa shape index (κ1) is 28.0. The van der Waals surface area contributed by atoms with Gasteiger partial charge in [-0.3, -0.25) is 9.59 Å². The van der Waals surface area contributed by atoms with E-state index in [1.54, 1.807) is 11.9 Å². The third kappa shape index (κ3) is 7.11. The van der Waals surface area contributed by atoms with E-state index in [9.17, 15) is 19.8 Å². The summed E-state index contributed by atoms with van der Waals surface area (Å²) in [6, 6.07) is 8.13. The number of rotatable bonds is 9. The summed E-state index contributed by atoms with van der Waals surface area (Å²) in [5.74, 6) is -0.737. The Morgan fingerprint density at radius 2 is 1.60 bits per heavy atom. The summed E-state index contributed by atoms with van der Waals surface area (Å²) in [6.07, 6.45) is 1.76. The van der Waals surface area contributed by atoms with E-state index >= 15 is 0 Å². The van der Waals surface area contributed by atoms with Gasteiger partial charge < -0.3 is 29.6 Å². The van der Waals surface area contributed by atoms with Crippen molar-refractivity contribution < 1.29 is 24.5 Å². The molecule has 2 N–H and O–H groups in total. The second-order valence-electron chi connectivity index (χ2n) is 8.71. The lowest BCUT2D eigenvalue weighted by molar-refractivity contribution is 0.0748. The molecular formula is C27H39N3O5. The number of phenols is 2. The molecular weight excluding hydrogens is 446 g/mol. The quantitative estimate of drug-likeness (QED) is 0.556. The molecule has 8 heteroatoms. The van der Waals surface area contributed by atoms with Gasteiger partial charge in [-0.25, -0.2) is 0 Å². The van der Waals surface area contributed by atoms with Crippen LogP contribution in [-0.2, 0) is 13.1 Å². The Morgan fingerprint density at radius 1 is 0.943 bits per heavy atom. The van der Waals surface area contributed by atoms with Crippen molar-refractivity contribution in [2.45, 2.75) is 46.7 Å². The van der Waals surface area contributed by atoms with Crippen LogP contribution in [0.1, 0.15) is 65.5 Å². The van der Waals surface area contributed by atoms with Gasteiger partial charge in [0.25, 0.3) is 11.8 Å². The maximum absolute atomic E-state index is 13.2. The summed E-state index contributed by atoms with van der Waals surface area (Å²) in [5.41, 5.74) is 2.00. The molecule has 0 unspecified atom stereocenters. The van der Waals surface area contributed by atoms with E-state index in [4.69, 9.17) is 4.74 Å². The maximum Gasteiger partial charge on any atom is 0.258 e. The fraction of sp³-hybridized carbons (Fsp3) is 0.481. The van der Waals surface area contributed by atoms with Crippen LogP contribution in [-0.4, -0.2) is 77.6 Å². The number of fused-ring (bicyclic) bond motifs is 1. The van der Waals surface area contributed by atoms with Crippen molar-refractivity contribution in [3.8, 4) is 17.2 Å². The Morgan fingerprint density at radius 3 is 2.26 bits per heavy atom. The molecule has 2 aromatic carbocycles. The predicted molar refractivity (Wildman–Crippen MR) is 137 cm³/mol. The Bertz CT molecular complexity index is 1020. The molecule has 0 aromatic heterocycles. The fourth-order valence-electron chi connectivity index (χ4n) is 3.74. The van der Waals surface area contributed by atoms with Crippen molar-refractivity contribution in [3.63, 3.8) is 0 Å². The molecule has 2 amide bonds. The first-order valence-corrected chi connectivity index (χ1v) is 12.2. The van der Waals surface area contributed by atoms with Crippen LogP contribution in [0.4, 0.5) is 0 Å². The minimum absolute atomic E-state index is 0.00282. The van der Waals surface area contributed by atoms with Crippen LogP contribution in [0.2, 0.25) is 0 Å². The Labute approximate surface area is 208 Å². The number of benzene rings is 2.